The monoisotopic (exact) mass is 714 g/mol. The Morgan fingerprint density at radius 3 is 1.86 bits per heavy atom. The van der Waals surface area contributed by atoms with Gasteiger partial charge in [-0.25, -0.2) is 26.4 Å². The molecule has 0 amide bonds. The summed E-state index contributed by atoms with van der Waals surface area (Å²) >= 11 is 6.46. The molecule has 0 unspecified atom stereocenters. The van der Waals surface area contributed by atoms with E-state index in [2.05, 4.69) is 60.1 Å². The molecule has 231 valence electrons. The van der Waals surface area contributed by atoms with Gasteiger partial charge in [0.2, 0.25) is 0 Å². The zero-order valence-corrected chi connectivity index (χ0v) is 27.8. The average Bonchev–Trinajstić information content (AvgIpc) is 3.73. The Hall–Kier alpha value is -2.99. The summed E-state index contributed by atoms with van der Waals surface area (Å²) in [5.41, 5.74) is 1.92. The number of hydrogen-bond acceptors (Lipinski definition) is 11. The van der Waals surface area contributed by atoms with Gasteiger partial charge in [0.25, 0.3) is 0 Å². The molecule has 5 rings (SSSR count). The average molecular weight is 715 g/mol. The van der Waals surface area contributed by atoms with E-state index in [-0.39, 0.29) is 15.5 Å². The summed E-state index contributed by atoms with van der Waals surface area (Å²) in [6, 6.07) is 10.8. The molecular weight excluding hydrogens is 685 g/mol. The normalized spacial score (nSPS) is 12.6. The molecule has 0 aliphatic carbocycles. The number of halogens is 1. The Morgan fingerprint density at radius 1 is 0.884 bits per heavy atom. The molecule has 1 saturated heterocycles. The van der Waals surface area contributed by atoms with Gasteiger partial charge in [-0.05, 0) is 71.2 Å². The van der Waals surface area contributed by atoms with Crippen LogP contribution in [0.3, 0.4) is 0 Å². The van der Waals surface area contributed by atoms with Crippen molar-refractivity contribution in [2.75, 3.05) is 39.9 Å². The van der Waals surface area contributed by atoms with Gasteiger partial charge >= 0.3 is 36.7 Å². The van der Waals surface area contributed by atoms with Gasteiger partial charge in [0.05, 0.1) is 28.5 Å². The number of benzene rings is 2. The van der Waals surface area contributed by atoms with Crippen LogP contribution in [0.1, 0.15) is 33.8 Å². The Balaban J connectivity index is 0.000000240. The van der Waals surface area contributed by atoms with Crippen LogP contribution in [0.25, 0.3) is 21.8 Å². The van der Waals surface area contributed by atoms with Crippen molar-refractivity contribution in [3.05, 3.63) is 58.3 Å². The number of H-pyrrole nitrogens is 2. The fourth-order valence-electron chi connectivity index (χ4n) is 3.68. The second-order valence-electron chi connectivity index (χ2n) is 8.92. The molecule has 0 atom stereocenters. The molecule has 1 radical (unpaired) electrons. The molecule has 2 aromatic heterocycles. The number of aromatic amines is 2. The molecule has 17 heteroatoms. The van der Waals surface area contributed by atoms with E-state index in [1.54, 1.807) is 18.2 Å². The fourth-order valence-corrected chi connectivity index (χ4v) is 5.58. The Morgan fingerprint density at radius 2 is 1.40 bits per heavy atom. The van der Waals surface area contributed by atoms with Gasteiger partial charge in [-0.15, -0.1) is 0 Å². The van der Waals surface area contributed by atoms with Crippen molar-refractivity contribution >= 4 is 89.8 Å². The first-order valence-corrected chi connectivity index (χ1v) is 17.3. The van der Waals surface area contributed by atoms with Crippen molar-refractivity contribution in [3.63, 3.8) is 0 Å². The first kappa shape index (κ1) is 36.2. The number of rotatable bonds is 4. The molecular formula is C26H30BBrN3O9S3. The quantitative estimate of drug-likeness (QED) is 0.157. The summed E-state index contributed by atoms with van der Waals surface area (Å²) < 4.78 is 63.0. The third-order valence-corrected chi connectivity index (χ3v) is 8.82. The number of hydrogen-bond donors (Lipinski definition) is 3. The molecule has 3 heterocycles. The molecule has 2 aromatic carbocycles. The predicted molar refractivity (Wildman–Crippen MR) is 170 cm³/mol. The maximum atomic E-state index is 11.5. The first-order valence-electron chi connectivity index (χ1n) is 12.3. The van der Waals surface area contributed by atoms with Crippen LogP contribution in [0.4, 0.5) is 0 Å². The van der Waals surface area contributed by atoms with Crippen LogP contribution in [0.5, 0.6) is 0 Å². The van der Waals surface area contributed by atoms with Gasteiger partial charge in [0.15, 0.2) is 19.7 Å². The summed E-state index contributed by atoms with van der Waals surface area (Å²) in [7, 11) is 0.384. The van der Waals surface area contributed by atoms with E-state index < -0.39 is 31.6 Å². The van der Waals surface area contributed by atoms with Crippen LogP contribution >= 0.6 is 28.7 Å². The number of nitrogens with zero attached hydrogens (tertiary/aromatic N) is 1. The number of sulfone groups is 2. The molecule has 2 N–H and O–H groups in total. The van der Waals surface area contributed by atoms with Crippen LogP contribution in [0.2, 0.25) is 0 Å². The van der Waals surface area contributed by atoms with Gasteiger partial charge in [-0.3, -0.25) is 0 Å². The molecule has 0 bridgehead atoms. The van der Waals surface area contributed by atoms with E-state index >= 15 is 0 Å². The molecule has 1 aliphatic rings. The molecule has 0 spiro atoms. The van der Waals surface area contributed by atoms with E-state index in [4.69, 9.17) is 4.74 Å². The van der Waals surface area contributed by atoms with Gasteiger partial charge < -0.3 is 24.2 Å². The number of fused-ring (bicyclic) bond motifs is 2. The van der Waals surface area contributed by atoms with Crippen LogP contribution < -0.4 is 0 Å². The Kier molecular flexibility index (Phi) is 13.6. The molecule has 0 saturated carbocycles. The third-order valence-electron chi connectivity index (χ3n) is 5.78. The summed E-state index contributed by atoms with van der Waals surface area (Å²) in [5, 5.41) is 1.28. The number of ether oxygens (including phenoxy) is 3. The zero-order valence-electron chi connectivity index (χ0n) is 23.7. The number of esters is 2. The topological polar surface area (TPSA) is 174 Å². The Labute approximate surface area is 264 Å². The predicted octanol–water partition coefficient (Wildman–Crippen LogP) is 4.46. The van der Waals surface area contributed by atoms with Gasteiger partial charge in [0.1, 0.15) is 11.4 Å². The van der Waals surface area contributed by atoms with Crippen LogP contribution in [-0.4, -0.2) is 86.3 Å². The van der Waals surface area contributed by atoms with E-state index in [9.17, 15) is 26.4 Å². The molecule has 43 heavy (non-hydrogen) atoms. The van der Waals surface area contributed by atoms with Crippen LogP contribution in [-0.2, 0) is 33.9 Å². The van der Waals surface area contributed by atoms with Crippen molar-refractivity contribution in [3.8, 4) is 0 Å². The number of nitrogens with one attached hydrogen (secondary N) is 2. The first-order chi connectivity index (χ1) is 20.2. The minimum atomic E-state index is -3.28. The standard InChI is InChI=1S/C11H10BrNO4S.C11H11NO4S.C4H8O.BHNS/c1-17-11(14)10-9(12)7-5-6(18(2,15)16)3-4-8(7)13-10;1-16-11(13)10-6-7-5-8(17(2,14)15)3-4-9(7)12-10;1-2-4-5-3-1;1-2-3/h3-5,13H,1-2H3;3-6,12H,1-2H3;1-4H2;3H. The van der Waals surface area contributed by atoms with E-state index in [0.29, 0.717) is 32.0 Å². The summed E-state index contributed by atoms with van der Waals surface area (Å²) in [4.78, 5) is 28.9. The second kappa shape index (κ2) is 16.2. The SMILES string of the molecule is C1CCOC1.COC(=O)c1[nH]c2ccc(S(C)(=O)=O)cc2c1Br.COC(=O)c1cc2cc(S(C)(=O)=O)ccc2[nH]1.[B]=NS. The maximum absolute atomic E-state index is 11.5. The van der Waals surface area contributed by atoms with Crippen molar-refractivity contribution in [2.24, 2.45) is 4.30 Å². The molecule has 1 aliphatic heterocycles. The fraction of sp³-hybridized carbons (Fsp3) is 0.308. The summed E-state index contributed by atoms with van der Waals surface area (Å²) in [6.45, 7) is 2.00. The van der Waals surface area contributed by atoms with E-state index in [1.807, 2.05) is 0 Å². The van der Waals surface area contributed by atoms with E-state index in [0.717, 1.165) is 25.7 Å². The van der Waals surface area contributed by atoms with Gasteiger partial charge in [-0.2, -0.15) is 0 Å². The second-order valence-corrected chi connectivity index (χ2v) is 14.0. The number of thiol groups is 1. The van der Waals surface area contributed by atoms with Crippen LogP contribution in [0, 0.1) is 0 Å². The van der Waals surface area contributed by atoms with Crippen molar-refractivity contribution < 1.29 is 40.6 Å². The van der Waals surface area contributed by atoms with Gasteiger partial charge in [0, 0.05) is 47.5 Å². The van der Waals surface area contributed by atoms with Crippen molar-refractivity contribution in [1.29, 1.82) is 0 Å². The third kappa shape index (κ3) is 10.3. The number of methoxy groups -OCH3 is 2. The van der Waals surface area contributed by atoms with E-state index in [1.165, 1.54) is 51.3 Å². The number of carbonyl (C=O) groups is 2. The minimum absolute atomic E-state index is 0.200. The number of carbonyl (C=O) groups excluding carboxylic acids is 2. The molecule has 12 nitrogen and oxygen atoms in total. The zero-order chi connectivity index (χ0) is 32.4. The van der Waals surface area contributed by atoms with Crippen LogP contribution in [0.15, 0.2) is 61.0 Å². The number of aromatic nitrogens is 2. The van der Waals surface area contributed by atoms with Crippen molar-refractivity contribution in [1.82, 2.24) is 9.97 Å². The van der Waals surface area contributed by atoms with Crippen molar-refractivity contribution in [2.45, 2.75) is 22.6 Å². The Bertz CT molecular complexity index is 1810. The molecule has 1 fully saturated rings. The summed E-state index contributed by atoms with van der Waals surface area (Å²) in [5.74, 6) is -0.999. The molecule has 4 aromatic rings. The summed E-state index contributed by atoms with van der Waals surface area (Å²) in [6.07, 6.45) is 4.83. The van der Waals surface area contributed by atoms with Gasteiger partial charge in [-0.1, -0.05) is 0 Å².